The molecule has 0 saturated heterocycles. The number of rotatable bonds is 1. The molecule has 0 fully saturated rings. The topological polar surface area (TPSA) is 204 Å². The van der Waals surface area contributed by atoms with Crippen LogP contribution in [0.25, 0.3) is 32.7 Å². The number of halogens is 9. The van der Waals surface area contributed by atoms with Crippen molar-refractivity contribution in [2.45, 2.75) is 16.5 Å². The summed E-state index contributed by atoms with van der Waals surface area (Å²) in [5.74, 6) is 0.343. The fraction of sp³-hybridized carbons (Fsp3) is 0.130. The molecule has 47 heavy (non-hydrogen) atoms. The molecule has 0 radical (unpaired) electrons. The standard InChI is InChI=1S/C20H14O2.3CHF3O3S.Yb/c21-17-11-9-13-5-1-3-7-15(13)19(17)20-16-8-4-2-6-14(16)10-12-18(20)22;3*2-1(3,4)8(5,6)7;/h1-12,21-22H;3*(H,5,6,7);. The van der Waals surface area contributed by atoms with Crippen molar-refractivity contribution in [3.05, 3.63) is 72.8 Å². The van der Waals surface area contributed by atoms with Gasteiger partial charge in [0.15, 0.2) is 0 Å². The molecule has 0 aliphatic carbocycles. The van der Waals surface area contributed by atoms with E-state index in [0.29, 0.717) is 11.1 Å². The van der Waals surface area contributed by atoms with Crippen LogP contribution in [-0.4, -0.2) is 65.6 Å². The summed E-state index contributed by atoms with van der Waals surface area (Å²) < 4.78 is 173. The summed E-state index contributed by atoms with van der Waals surface area (Å²) in [6, 6.07) is 22.9. The van der Waals surface area contributed by atoms with Crippen LogP contribution in [0.3, 0.4) is 0 Å². The van der Waals surface area contributed by atoms with Gasteiger partial charge in [-0.3, -0.25) is 13.7 Å². The van der Waals surface area contributed by atoms with Crippen molar-refractivity contribution in [1.29, 1.82) is 0 Å². The largest absolute Gasteiger partial charge is 0.522 e. The van der Waals surface area contributed by atoms with Gasteiger partial charge in [0.25, 0.3) is 0 Å². The number of fused-ring (bicyclic) bond motifs is 2. The van der Waals surface area contributed by atoms with Gasteiger partial charge in [0, 0.05) is 58.1 Å². The number of aromatic hydroxyl groups is 2. The maximum atomic E-state index is 10.7. The van der Waals surface area contributed by atoms with E-state index in [2.05, 4.69) is 0 Å². The summed E-state index contributed by atoms with van der Waals surface area (Å²) in [5, 5.41) is 24.8. The number of hydrogen-bond donors (Lipinski definition) is 5. The minimum absolute atomic E-state index is 0. The van der Waals surface area contributed by atoms with Crippen molar-refractivity contribution in [3.63, 3.8) is 0 Å². The van der Waals surface area contributed by atoms with Crippen molar-refractivity contribution < 1.29 is 136 Å². The van der Waals surface area contributed by atoms with Crippen LogP contribution in [0.1, 0.15) is 0 Å². The first-order valence-corrected chi connectivity index (χ1v) is 15.4. The fourth-order valence-electron chi connectivity index (χ4n) is 3.05. The molecule has 0 saturated carbocycles. The average molecular weight is 910 g/mol. The van der Waals surface area contributed by atoms with E-state index >= 15 is 0 Å². The first kappa shape index (κ1) is 44.6. The van der Waals surface area contributed by atoms with Crippen molar-refractivity contribution in [2.75, 3.05) is 0 Å². The molecule has 0 spiro atoms. The van der Waals surface area contributed by atoms with Gasteiger partial charge in [0.05, 0.1) is 0 Å². The number of phenols is 2. The van der Waals surface area contributed by atoms with Crippen molar-refractivity contribution in [3.8, 4) is 22.6 Å². The quantitative estimate of drug-likeness (QED) is 0.0821. The molecule has 11 nitrogen and oxygen atoms in total. The predicted octanol–water partition coefficient (Wildman–Crippen LogP) is 6.25. The molecule has 24 heteroatoms. The molecule has 0 atom stereocenters. The van der Waals surface area contributed by atoms with Crippen LogP contribution in [0.2, 0.25) is 0 Å². The van der Waals surface area contributed by atoms with Crippen LogP contribution in [0, 0.1) is 46.9 Å². The summed E-state index contributed by atoms with van der Waals surface area (Å²) >= 11 is 0. The van der Waals surface area contributed by atoms with Gasteiger partial charge in [0.1, 0.15) is 11.5 Å². The second kappa shape index (κ2) is 16.3. The minimum Gasteiger partial charge on any atom is -0.507 e. The van der Waals surface area contributed by atoms with E-state index in [1.165, 1.54) is 0 Å². The first-order chi connectivity index (χ1) is 20.5. The molecule has 5 N–H and O–H groups in total. The van der Waals surface area contributed by atoms with Gasteiger partial charge in [-0.05, 0) is 33.7 Å². The zero-order chi connectivity index (χ0) is 36.1. The summed E-state index contributed by atoms with van der Waals surface area (Å²) in [5.41, 5.74) is -15.3. The second-order valence-corrected chi connectivity index (χ2v) is 12.4. The fourth-order valence-corrected chi connectivity index (χ4v) is 3.05. The summed E-state index contributed by atoms with van der Waals surface area (Å²) in [6.45, 7) is 0. The van der Waals surface area contributed by atoms with E-state index in [1.54, 1.807) is 12.1 Å². The van der Waals surface area contributed by atoms with Crippen LogP contribution in [-0.2, 0) is 30.4 Å². The summed E-state index contributed by atoms with van der Waals surface area (Å²) in [4.78, 5) is 0. The predicted molar refractivity (Wildman–Crippen MR) is 143 cm³/mol. The maximum absolute atomic E-state index is 10.7. The molecule has 4 aromatic rings. The van der Waals surface area contributed by atoms with E-state index in [9.17, 15) is 49.7 Å². The van der Waals surface area contributed by atoms with Gasteiger partial charge in [-0.1, -0.05) is 60.7 Å². The molecule has 0 aromatic heterocycles. The Morgan fingerprint density at radius 2 is 0.638 bits per heavy atom. The second-order valence-electron chi connectivity index (χ2n) is 8.12. The van der Waals surface area contributed by atoms with Crippen LogP contribution in [0.4, 0.5) is 39.5 Å². The molecule has 4 aromatic carbocycles. The van der Waals surface area contributed by atoms with Crippen molar-refractivity contribution in [2.24, 2.45) is 0 Å². The Morgan fingerprint density at radius 3 is 0.851 bits per heavy atom. The molecule has 0 heterocycles. The zero-order valence-corrected chi connectivity index (χ0v) is 26.2. The van der Waals surface area contributed by atoms with Gasteiger partial charge in [-0.15, -0.1) is 0 Å². The molecule has 0 aliphatic heterocycles. The van der Waals surface area contributed by atoms with Crippen LogP contribution < -0.4 is 0 Å². The van der Waals surface area contributed by atoms with E-state index in [1.807, 2.05) is 60.7 Å². The van der Waals surface area contributed by atoms with Crippen molar-refractivity contribution in [1.82, 2.24) is 0 Å². The summed E-state index contributed by atoms with van der Waals surface area (Å²) in [7, 11) is -17.5. The SMILES string of the molecule is O=S(=O)(O)C(F)(F)F.O=S(=O)(O)C(F)(F)F.O=S(=O)(O)C(F)(F)F.Oc1ccc2ccccc2c1-c1c(O)ccc2ccccc12.[Yb]. The van der Waals surface area contributed by atoms with Gasteiger partial charge < -0.3 is 10.2 Å². The van der Waals surface area contributed by atoms with Crippen LogP contribution in [0.15, 0.2) is 72.8 Å². The molecule has 0 bridgehead atoms. The molecule has 4 rings (SSSR count). The normalized spacial score (nSPS) is 12.3. The van der Waals surface area contributed by atoms with E-state index in [4.69, 9.17) is 38.9 Å². The Hall–Kier alpha value is -2.38. The van der Waals surface area contributed by atoms with Crippen LogP contribution in [0.5, 0.6) is 11.5 Å². The van der Waals surface area contributed by atoms with Gasteiger partial charge in [0.2, 0.25) is 0 Å². The smallest absolute Gasteiger partial charge is 0.507 e. The molecular formula is C23H17F9O11S3Yb. The Morgan fingerprint density at radius 1 is 0.426 bits per heavy atom. The Kier molecular flexibility index (Phi) is 15.5. The Bertz CT molecular complexity index is 1830. The molecule has 0 aliphatic rings. The van der Waals surface area contributed by atoms with E-state index < -0.39 is 46.9 Å². The molecule has 270 valence electrons. The van der Waals surface area contributed by atoms with Crippen LogP contribution >= 0.6 is 0 Å². The average Bonchev–Trinajstić information content (AvgIpc) is 2.87. The Labute approximate surface area is 297 Å². The number of phenolic OH excluding ortho intramolecular Hbond substituents is 2. The third-order valence-corrected chi connectivity index (χ3v) is 6.70. The number of hydrogen-bond acceptors (Lipinski definition) is 8. The van der Waals surface area contributed by atoms with Gasteiger partial charge >= 0.3 is 46.9 Å². The molecule has 0 amide bonds. The van der Waals surface area contributed by atoms with E-state index in [-0.39, 0.29) is 58.4 Å². The molecular weight excluding hydrogens is 892 g/mol. The monoisotopic (exact) mass is 910 g/mol. The van der Waals surface area contributed by atoms with Crippen molar-refractivity contribution >= 4 is 51.9 Å². The third-order valence-electron chi connectivity index (χ3n) is 4.94. The number of alkyl halides is 9. The maximum Gasteiger partial charge on any atom is 0.522 e. The van der Waals surface area contributed by atoms with E-state index in [0.717, 1.165) is 21.5 Å². The number of benzene rings is 4. The molecule has 0 unspecified atom stereocenters. The Balaban J connectivity index is 0.000000708. The van der Waals surface area contributed by atoms with Gasteiger partial charge in [-0.2, -0.15) is 64.8 Å². The summed E-state index contributed by atoms with van der Waals surface area (Å²) in [6.07, 6.45) is 0. The first-order valence-electron chi connectivity index (χ1n) is 11.0. The zero-order valence-electron chi connectivity index (χ0n) is 22.0. The van der Waals surface area contributed by atoms with Gasteiger partial charge in [-0.25, -0.2) is 0 Å². The third kappa shape index (κ3) is 12.9. The minimum atomic E-state index is -5.84.